The Bertz CT molecular complexity index is 451. The fourth-order valence-corrected chi connectivity index (χ4v) is 2.79. The molecule has 0 radical (unpaired) electrons. The highest BCUT2D eigenvalue weighted by atomic mass is 32.1. The highest BCUT2D eigenvalue weighted by Crippen LogP contribution is 2.22. The second kappa shape index (κ2) is 6.85. The van der Waals surface area contributed by atoms with E-state index in [1.165, 1.54) is 11.3 Å². The molecule has 0 saturated heterocycles. The maximum absolute atomic E-state index is 11.9. The Labute approximate surface area is 123 Å². The molecule has 0 spiro atoms. The van der Waals surface area contributed by atoms with Crippen LogP contribution in [-0.4, -0.2) is 23.0 Å². The van der Waals surface area contributed by atoms with E-state index in [0.717, 1.165) is 0 Å². The van der Waals surface area contributed by atoms with Gasteiger partial charge in [0.2, 0.25) is 5.91 Å². The lowest BCUT2D eigenvalue weighted by Gasteiger charge is -2.23. The number of nitrogens with two attached hydrogens (primary N) is 1. The van der Waals surface area contributed by atoms with Crippen molar-refractivity contribution in [2.75, 3.05) is 0 Å². The Morgan fingerprint density at radius 3 is 2.55 bits per heavy atom. The predicted molar refractivity (Wildman–Crippen MR) is 79.5 cm³/mol. The van der Waals surface area contributed by atoms with Crippen LogP contribution < -0.4 is 11.1 Å². The minimum absolute atomic E-state index is 0.0413. The Balaban J connectivity index is 2.58. The Kier molecular flexibility index (Phi) is 5.71. The molecule has 1 aromatic rings. The molecular weight excluding hydrogens is 276 g/mol. The van der Waals surface area contributed by atoms with Crippen molar-refractivity contribution < 1.29 is 14.7 Å². The van der Waals surface area contributed by atoms with Crippen LogP contribution in [0.15, 0.2) is 17.5 Å². The zero-order valence-corrected chi connectivity index (χ0v) is 12.9. The summed E-state index contributed by atoms with van der Waals surface area (Å²) in [6.45, 7) is 6.16. The van der Waals surface area contributed by atoms with Crippen molar-refractivity contribution in [3.8, 4) is 0 Å². The number of amides is 1. The molecule has 0 aliphatic carbocycles. The third kappa shape index (κ3) is 5.71. The minimum atomic E-state index is -1.06. The van der Waals surface area contributed by atoms with Crippen molar-refractivity contribution in [3.05, 3.63) is 22.4 Å². The molecular formula is C14H22N2O3S. The first-order valence-corrected chi connectivity index (χ1v) is 7.38. The van der Waals surface area contributed by atoms with Gasteiger partial charge >= 0.3 is 5.97 Å². The van der Waals surface area contributed by atoms with Crippen molar-refractivity contribution in [2.45, 2.75) is 45.7 Å². The van der Waals surface area contributed by atoms with Gasteiger partial charge in [-0.25, -0.2) is 4.79 Å². The molecule has 0 saturated carbocycles. The molecule has 20 heavy (non-hydrogen) atoms. The summed E-state index contributed by atoms with van der Waals surface area (Å²) < 4.78 is 0. The van der Waals surface area contributed by atoms with Crippen LogP contribution in [0.5, 0.6) is 0 Å². The van der Waals surface area contributed by atoms with Crippen LogP contribution in [0.4, 0.5) is 0 Å². The van der Waals surface area contributed by atoms with Gasteiger partial charge in [-0.1, -0.05) is 26.8 Å². The van der Waals surface area contributed by atoms with E-state index in [9.17, 15) is 14.7 Å². The SMILES string of the molecule is CC(C)(C)CC(N)CC(=O)NC(C(=O)O)c1cccs1. The first-order chi connectivity index (χ1) is 9.19. The van der Waals surface area contributed by atoms with E-state index < -0.39 is 12.0 Å². The van der Waals surface area contributed by atoms with Crippen LogP contribution in [0, 0.1) is 5.41 Å². The molecule has 1 heterocycles. The topological polar surface area (TPSA) is 92.4 Å². The van der Waals surface area contributed by atoms with Crippen LogP contribution in [0.3, 0.4) is 0 Å². The zero-order chi connectivity index (χ0) is 15.3. The maximum Gasteiger partial charge on any atom is 0.331 e. The lowest BCUT2D eigenvalue weighted by atomic mass is 9.87. The number of carboxylic acid groups (broad SMARTS) is 1. The number of carbonyl (C=O) groups is 2. The van der Waals surface area contributed by atoms with Gasteiger partial charge in [0.25, 0.3) is 0 Å². The lowest BCUT2D eigenvalue weighted by molar-refractivity contribution is -0.142. The molecule has 1 amide bonds. The van der Waals surface area contributed by atoms with Gasteiger partial charge in [0.15, 0.2) is 6.04 Å². The fourth-order valence-electron chi connectivity index (χ4n) is 2.03. The third-order valence-electron chi connectivity index (χ3n) is 2.70. The summed E-state index contributed by atoms with van der Waals surface area (Å²) in [4.78, 5) is 23.7. The molecule has 4 N–H and O–H groups in total. The summed E-state index contributed by atoms with van der Waals surface area (Å²) in [6, 6.07) is 2.18. The molecule has 0 aromatic carbocycles. The summed E-state index contributed by atoms with van der Waals surface area (Å²) in [5.41, 5.74) is 5.97. The van der Waals surface area contributed by atoms with Crippen molar-refractivity contribution in [2.24, 2.45) is 11.1 Å². The van der Waals surface area contributed by atoms with E-state index in [-0.39, 0.29) is 23.8 Å². The van der Waals surface area contributed by atoms with E-state index in [1.54, 1.807) is 17.5 Å². The van der Waals surface area contributed by atoms with E-state index >= 15 is 0 Å². The number of carbonyl (C=O) groups excluding carboxylic acids is 1. The van der Waals surface area contributed by atoms with Crippen molar-refractivity contribution in [3.63, 3.8) is 0 Å². The minimum Gasteiger partial charge on any atom is -0.479 e. The Morgan fingerprint density at radius 2 is 2.10 bits per heavy atom. The molecule has 5 nitrogen and oxygen atoms in total. The average Bonchev–Trinajstić information content (AvgIpc) is 2.75. The van der Waals surface area contributed by atoms with Crippen molar-refractivity contribution in [1.29, 1.82) is 0 Å². The molecule has 1 aromatic heterocycles. The summed E-state index contributed by atoms with van der Waals surface area (Å²) in [5.74, 6) is -1.40. The highest BCUT2D eigenvalue weighted by molar-refractivity contribution is 7.10. The number of nitrogens with one attached hydrogen (secondary N) is 1. The fraction of sp³-hybridized carbons (Fsp3) is 0.571. The lowest BCUT2D eigenvalue weighted by Crippen LogP contribution is -2.38. The number of hydrogen-bond acceptors (Lipinski definition) is 4. The summed E-state index contributed by atoms with van der Waals surface area (Å²) in [7, 11) is 0. The first-order valence-electron chi connectivity index (χ1n) is 6.50. The standard InChI is InChI=1S/C14H22N2O3S/c1-14(2,3)8-9(15)7-11(17)16-12(13(18)19)10-5-4-6-20-10/h4-6,9,12H,7-8,15H2,1-3H3,(H,16,17)(H,18,19). The van der Waals surface area contributed by atoms with Gasteiger partial charge < -0.3 is 16.2 Å². The number of carboxylic acids is 1. The first kappa shape index (κ1) is 16.7. The second-order valence-electron chi connectivity index (χ2n) is 6.08. The van der Waals surface area contributed by atoms with Crippen LogP contribution in [0.1, 0.15) is 44.5 Å². The second-order valence-corrected chi connectivity index (χ2v) is 7.06. The summed E-state index contributed by atoms with van der Waals surface area (Å²) in [6.07, 6.45) is 0.837. The van der Waals surface area contributed by atoms with Gasteiger partial charge in [0.1, 0.15) is 0 Å². The van der Waals surface area contributed by atoms with Gasteiger partial charge in [-0.15, -0.1) is 11.3 Å². The number of aliphatic carboxylic acids is 1. The van der Waals surface area contributed by atoms with Crippen molar-refractivity contribution >= 4 is 23.2 Å². The van der Waals surface area contributed by atoms with Crippen LogP contribution in [-0.2, 0) is 9.59 Å². The van der Waals surface area contributed by atoms with Gasteiger partial charge in [0, 0.05) is 17.3 Å². The normalized spacial score (nSPS) is 14.6. The number of thiophene rings is 1. The van der Waals surface area contributed by atoms with E-state index in [1.807, 2.05) is 0 Å². The zero-order valence-electron chi connectivity index (χ0n) is 12.1. The van der Waals surface area contributed by atoms with Crippen LogP contribution in [0.2, 0.25) is 0 Å². The molecule has 6 heteroatoms. The largest absolute Gasteiger partial charge is 0.479 e. The van der Waals surface area contributed by atoms with Gasteiger partial charge in [-0.3, -0.25) is 4.79 Å². The molecule has 112 valence electrons. The Hall–Kier alpha value is -1.40. The summed E-state index contributed by atoms with van der Waals surface area (Å²) in [5, 5.41) is 13.5. The quantitative estimate of drug-likeness (QED) is 0.750. The van der Waals surface area contributed by atoms with E-state index in [2.05, 4.69) is 26.1 Å². The molecule has 0 aliphatic rings. The summed E-state index contributed by atoms with van der Waals surface area (Å²) >= 11 is 1.30. The predicted octanol–water partition coefficient (Wildman–Crippen LogP) is 2.14. The van der Waals surface area contributed by atoms with Gasteiger partial charge in [-0.05, 0) is 23.3 Å². The van der Waals surface area contributed by atoms with Crippen LogP contribution in [0.25, 0.3) is 0 Å². The molecule has 1 rings (SSSR count). The maximum atomic E-state index is 11.9. The molecule has 0 fully saturated rings. The number of rotatable bonds is 6. The van der Waals surface area contributed by atoms with Crippen molar-refractivity contribution in [1.82, 2.24) is 5.32 Å². The third-order valence-corrected chi connectivity index (χ3v) is 3.64. The van der Waals surface area contributed by atoms with Crippen LogP contribution >= 0.6 is 11.3 Å². The van der Waals surface area contributed by atoms with Gasteiger partial charge in [0.05, 0.1) is 0 Å². The molecule has 2 unspecified atom stereocenters. The smallest absolute Gasteiger partial charge is 0.331 e. The Morgan fingerprint density at radius 1 is 1.45 bits per heavy atom. The van der Waals surface area contributed by atoms with E-state index in [4.69, 9.17) is 5.73 Å². The van der Waals surface area contributed by atoms with E-state index in [0.29, 0.717) is 11.3 Å². The molecule has 0 bridgehead atoms. The monoisotopic (exact) mass is 298 g/mol. The molecule has 2 atom stereocenters. The number of hydrogen-bond donors (Lipinski definition) is 3. The van der Waals surface area contributed by atoms with Gasteiger partial charge in [-0.2, -0.15) is 0 Å². The highest BCUT2D eigenvalue weighted by Gasteiger charge is 2.24. The average molecular weight is 298 g/mol. The molecule has 0 aliphatic heterocycles.